The molecule has 0 bridgehead atoms. The Morgan fingerprint density at radius 1 is 1.37 bits per heavy atom. The minimum Gasteiger partial charge on any atom is -0.496 e. The first-order valence-electron chi connectivity index (χ1n) is 6.28. The van der Waals surface area contributed by atoms with Gasteiger partial charge >= 0.3 is 0 Å². The van der Waals surface area contributed by atoms with Crippen molar-refractivity contribution >= 4 is 17.3 Å². The molecule has 1 aromatic rings. The standard InChI is InChI=1S/C15H19ClN2O/c1-10-7-8-18(3)15(11(2)17-10)13-6-5-12(16)9-14(13)19-4/h5-7,9,15H,8H2,1-4H3. The maximum atomic E-state index is 6.03. The molecule has 1 aromatic carbocycles. The molecule has 0 aromatic heterocycles. The minimum atomic E-state index is 0.112. The van der Waals surface area contributed by atoms with Crippen LogP contribution in [0, 0.1) is 0 Å². The predicted molar refractivity (Wildman–Crippen MR) is 80.2 cm³/mol. The van der Waals surface area contributed by atoms with Gasteiger partial charge in [0, 0.05) is 28.5 Å². The minimum absolute atomic E-state index is 0.112. The van der Waals surface area contributed by atoms with Crippen LogP contribution in [0.4, 0.5) is 0 Å². The number of likely N-dealkylation sites (N-methyl/N-ethyl adjacent to an activating group) is 1. The molecule has 0 radical (unpaired) electrons. The van der Waals surface area contributed by atoms with E-state index >= 15 is 0 Å². The van der Waals surface area contributed by atoms with Crippen molar-refractivity contribution in [3.05, 3.63) is 40.6 Å². The summed E-state index contributed by atoms with van der Waals surface area (Å²) in [5.41, 5.74) is 3.22. The molecule has 102 valence electrons. The van der Waals surface area contributed by atoms with Crippen molar-refractivity contribution in [3.8, 4) is 5.75 Å². The molecule has 1 aliphatic heterocycles. The van der Waals surface area contributed by atoms with Crippen molar-refractivity contribution in [1.29, 1.82) is 0 Å². The van der Waals surface area contributed by atoms with Gasteiger partial charge in [0.1, 0.15) is 5.75 Å². The molecule has 19 heavy (non-hydrogen) atoms. The summed E-state index contributed by atoms with van der Waals surface area (Å²) in [6, 6.07) is 5.87. The average Bonchev–Trinajstić information content (AvgIpc) is 2.49. The van der Waals surface area contributed by atoms with Crippen LogP contribution in [0.5, 0.6) is 5.75 Å². The molecule has 2 rings (SSSR count). The van der Waals surface area contributed by atoms with E-state index < -0.39 is 0 Å². The fourth-order valence-corrected chi connectivity index (χ4v) is 2.62. The van der Waals surface area contributed by atoms with Crippen LogP contribution in [-0.4, -0.2) is 31.3 Å². The number of aliphatic imine (C=N–C) groups is 1. The van der Waals surface area contributed by atoms with E-state index in [1.54, 1.807) is 7.11 Å². The Bertz CT molecular complexity index is 537. The number of hydrogen-bond acceptors (Lipinski definition) is 3. The molecule has 4 heteroatoms. The largest absolute Gasteiger partial charge is 0.496 e. The molecule has 0 N–H and O–H groups in total. The van der Waals surface area contributed by atoms with Gasteiger partial charge in [0.15, 0.2) is 0 Å². The molecule has 0 spiro atoms. The van der Waals surface area contributed by atoms with Crippen LogP contribution < -0.4 is 4.74 Å². The van der Waals surface area contributed by atoms with Crippen molar-refractivity contribution in [3.63, 3.8) is 0 Å². The molecule has 0 saturated heterocycles. The zero-order chi connectivity index (χ0) is 14.0. The van der Waals surface area contributed by atoms with Gasteiger partial charge in [0.2, 0.25) is 0 Å². The third-order valence-corrected chi connectivity index (χ3v) is 3.59. The molecule has 0 aliphatic carbocycles. The fourth-order valence-electron chi connectivity index (χ4n) is 2.46. The first kappa shape index (κ1) is 14.1. The lowest BCUT2D eigenvalue weighted by molar-refractivity contribution is 0.322. The molecule has 1 heterocycles. The second kappa shape index (κ2) is 5.76. The molecule has 1 aliphatic rings. The summed E-state index contributed by atoms with van der Waals surface area (Å²) in [6.07, 6.45) is 2.13. The van der Waals surface area contributed by atoms with Crippen LogP contribution >= 0.6 is 11.6 Å². The number of allylic oxidation sites excluding steroid dienone is 1. The topological polar surface area (TPSA) is 24.8 Å². The Hall–Kier alpha value is -1.32. The van der Waals surface area contributed by atoms with Gasteiger partial charge in [-0.25, -0.2) is 0 Å². The molecule has 0 amide bonds. The number of rotatable bonds is 2. The van der Waals surface area contributed by atoms with Gasteiger partial charge < -0.3 is 4.74 Å². The van der Waals surface area contributed by atoms with E-state index in [1.165, 1.54) is 0 Å². The number of hydrogen-bond donors (Lipinski definition) is 0. The molecule has 3 nitrogen and oxygen atoms in total. The number of ether oxygens (including phenoxy) is 1. The Morgan fingerprint density at radius 3 is 2.79 bits per heavy atom. The lowest BCUT2D eigenvalue weighted by Crippen LogP contribution is -2.29. The van der Waals surface area contributed by atoms with Crippen LogP contribution in [0.25, 0.3) is 0 Å². The quantitative estimate of drug-likeness (QED) is 0.824. The zero-order valence-corrected chi connectivity index (χ0v) is 12.5. The maximum Gasteiger partial charge on any atom is 0.125 e. The molecule has 1 atom stereocenters. The average molecular weight is 279 g/mol. The van der Waals surface area contributed by atoms with E-state index in [4.69, 9.17) is 16.3 Å². The van der Waals surface area contributed by atoms with Crippen LogP contribution in [-0.2, 0) is 0 Å². The highest BCUT2D eigenvalue weighted by atomic mass is 35.5. The Balaban J connectivity index is 2.48. The number of methoxy groups -OCH3 is 1. The van der Waals surface area contributed by atoms with Gasteiger partial charge in [-0.1, -0.05) is 17.7 Å². The number of halogens is 1. The van der Waals surface area contributed by atoms with Gasteiger partial charge in [-0.2, -0.15) is 0 Å². The second-order valence-electron chi connectivity index (χ2n) is 4.83. The van der Waals surface area contributed by atoms with Crippen LogP contribution in [0.3, 0.4) is 0 Å². The SMILES string of the molecule is COc1cc(Cl)ccc1C1C(C)=NC(C)=CCN1C. The maximum absolute atomic E-state index is 6.03. The molecular weight excluding hydrogens is 260 g/mol. The number of nitrogens with zero attached hydrogens (tertiary/aromatic N) is 2. The van der Waals surface area contributed by atoms with Crippen molar-refractivity contribution < 1.29 is 4.74 Å². The van der Waals surface area contributed by atoms with Gasteiger partial charge in [-0.3, -0.25) is 9.89 Å². The lowest BCUT2D eigenvalue weighted by atomic mass is 10.0. The van der Waals surface area contributed by atoms with Crippen LogP contribution in [0.15, 0.2) is 35.0 Å². The van der Waals surface area contributed by atoms with Crippen LogP contribution in [0.1, 0.15) is 25.5 Å². The Kier molecular flexibility index (Phi) is 4.27. The number of benzene rings is 1. The highest BCUT2D eigenvalue weighted by molar-refractivity contribution is 6.30. The van der Waals surface area contributed by atoms with E-state index in [0.29, 0.717) is 5.02 Å². The summed E-state index contributed by atoms with van der Waals surface area (Å²) in [7, 11) is 3.76. The van der Waals surface area contributed by atoms with E-state index in [2.05, 4.69) is 29.9 Å². The molecular formula is C15H19ClN2O. The van der Waals surface area contributed by atoms with Gasteiger partial charge in [0.25, 0.3) is 0 Å². The normalized spacial score (nSPS) is 20.6. The van der Waals surface area contributed by atoms with E-state index in [0.717, 1.165) is 29.3 Å². The summed E-state index contributed by atoms with van der Waals surface area (Å²) in [6.45, 7) is 4.94. The molecule has 0 fully saturated rings. The monoisotopic (exact) mass is 278 g/mol. The van der Waals surface area contributed by atoms with Crippen molar-refractivity contribution in [2.45, 2.75) is 19.9 Å². The summed E-state index contributed by atoms with van der Waals surface area (Å²) in [4.78, 5) is 6.88. The fraction of sp³-hybridized carbons (Fsp3) is 0.400. The lowest BCUT2D eigenvalue weighted by Gasteiger charge is -2.27. The van der Waals surface area contributed by atoms with Gasteiger partial charge in [-0.05, 0) is 39.1 Å². The van der Waals surface area contributed by atoms with Crippen molar-refractivity contribution in [1.82, 2.24) is 4.90 Å². The summed E-state index contributed by atoms with van der Waals surface area (Å²) in [5, 5.41) is 0.681. The summed E-state index contributed by atoms with van der Waals surface area (Å²) < 4.78 is 5.46. The molecule has 1 unspecified atom stereocenters. The first-order chi connectivity index (χ1) is 9.02. The smallest absolute Gasteiger partial charge is 0.125 e. The predicted octanol–water partition coefficient (Wildman–Crippen LogP) is 3.70. The molecule has 0 saturated carbocycles. The van der Waals surface area contributed by atoms with Gasteiger partial charge in [-0.15, -0.1) is 0 Å². The van der Waals surface area contributed by atoms with Crippen LogP contribution in [0.2, 0.25) is 5.02 Å². The third kappa shape index (κ3) is 2.99. The summed E-state index contributed by atoms with van der Waals surface area (Å²) >= 11 is 6.03. The third-order valence-electron chi connectivity index (χ3n) is 3.35. The van der Waals surface area contributed by atoms with Crippen molar-refractivity contribution in [2.75, 3.05) is 20.7 Å². The zero-order valence-electron chi connectivity index (χ0n) is 11.8. The Morgan fingerprint density at radius 2 is 2.11 bits per heavy atom. The summed E-state index contributed by atoms with van der Waals surface area (Å²) in [5.74, 6) is 0.804. The Labute approximate surface area is 119 Å². The second-order valence-corrected chi connectivity index (χ2v) is 5.26. The van der Waals surface area contributed by atoms with E-state index in [9.17, 15) is 0 Å². The van der Waals surface area contributed by atoms with Crippen molar-refractivity contribution in [2.24, 2.45) is 4.99 Å². The highest BCUT2D eigenvalue weighted by Gasteiger charge is 2.24. The van der Waals surface area contributed by atoms with Gasteiger partial charge in [0.05, 0.1) is 13.2 Å². The van der Waals surface area contributed by atoms with E-state index in [-0.39, 0.29) is 6.04 Å². The highest BCUT2D eigenvalue weighted by Crippen LogP contribution is 2.33. The van der Waals surface area contributed by atoms with E-state index in [1.807, 2.05) is 25.1 Å². The first-order valence-corrected chi connectivity index (χ1v) is 6.66.